The molecule has 0 bridgehead atoms. The summed E-state index contributed by atoms with van der Waals surface area (Å²) in [5.41, 5.74) is 0.876. The van der Waals surface area contributed by atoms with E-state index >= 15 is 0 Å². The van der Waals surface area contributed by atoms with Crippen molar-refractivity contribution in [3.05, 3.63) is 11.8 Å². The molecule has 0 atom stereocenters. The van der Waals surface area contributed by atoms with Crippen LogP contribution in [0.25, 0.3) is 0 Å². The number of aryl methyl sites for hydroxylation is 1. The lowest BCUT2D eigenvalue weighted by atomic mass is 9.99. The first-order valence-corrected chi connectivity index (χ1v) is 7.10. The third-order valence-corrected chi connectivity index (χ3v) is 3.17. The van der Waals surface area contributed by atoms with Crippen molar-refractivity contribution in [1.29, 1.82) is 0 Å². The van der Waals surface area contributed by atoms with E-state index in [1.165, 1.54) is 0 Å². The molecule has 1 aromatic heterocycles. The van der Waals surface area contributed by atoms with Crippen LogP contribution in [-0.2, 0) is 0 Å². The lowest BCUT2D eigenvalue weighted by Gasteiger charge is -2.22. The summed E-state index contributed by atoms with van der Waals surface area (Å²) in [5.74, 6) is 1.21. The van der Waals surface area contributed by atoms with Gasteiger partial charge in [-0.2, -0.15) is 4.98 Å². The number of aromatic nitrogens is 2. The first-order chi connectivity index (χ1) is 9.28. The summed E-state index contributed by atoms with van der Waals surface area (Å²) in [6.07, 6.45) is 3.28. The highest BCUT2D eigenvalue weighted by Gasteiger charge is 2.14. The molecule has 1 saturated heterocycles. The molecule has 1 aromatic rings. The topological polar surface area (TPSA) is 56.3 Å². The molecule has 0 saturated carbocycles. The smallest absolute Gasteiger partial charge is 0.319 e. The molecule has 2 rings (SSSR count). The highest BCUT2D eigenvalue weighted by Crippen LogP contribution is 2.17. The fourth-order valence-electron chi connectivity index (χ4n) is 2.10. The van der Waals surface area contributed by atoms with Crippen molar-refractivity contribution in [2.75, 3.05) is 26.3 Å². The van der Waals surface area contributed by atoms with Gasteiger partial charge in [0.2, 0.25) is 5.88 Å². The number of nitrogens with one attached hydrogen (secondary N) is 1. The predicted molar refractivity (Wildman–Crippen MR) is 73.6 cm³/mol. The second-order valence-corrected chi connectivity index (χ2v) is 4.98. The highest BCUT2D eigenvalue weighted by molar-refractivity contribution is 5.17. The largest absolute Gasteiger partial charge is 0.478 e. The van der Waals surface area contributed by atoms with Gasteiger partial charge in [0.25, 0.3) is 0 Å². The third kappa shape index (κ3) is 4.67. The van der Waals surface area contributed by atoms with E-state index in [4.69, 9.17) is 9.47 Å². The molecule has 5 nitrogen and oxygen atoms in total. The second-order valence-electron chi connectivity index (χ2n) is 4.98. The fourth-order valence-corrected chi connectivity index (χ4v) is 2.10. The zero-order valence-corrected chi connectivity index (χ0v) is 11.8. The molecule has 0 aromatic carbocycles. The van der Waals surface area contributed by atoms with Crippen molar-refractivity contribution in [2.45, 2.75) is 33.1 Å². The minimum absolute atomic E-state index is 0.435. The average Bonchev–Trinajstić information content (AvgIpc) is 2.43. The van der Waals surface area contributed by atoms with Crippen LogP contribution >= 0.6 is 0 Å². The number of hydrogen-bond acceptors (Lipinski definition) is 5. The van der Waals surface area contributed by atoms with Crippen molar-refractivity contribution in [3.8, 4) is 11.9 Å². The van der Waals surface area contributed by atoms with Gasteiger partial charge >= 0.3 is 6.01 Å². The molecule has 0 amide bonds. The van der Waals surface area contributed by atoms with Gasteiger partial charge in [0.1, 0.15) is 0 Å². The number of nitrogens with zero attached hydrogens (tertiary/aromatic N) is 2. The lowest BCUT2D eigenvalue weighted by molar-refractivity contribution is 0.198. The van der Waals surface area contributed by atoms with E-state index in [-0.39, 0.29) is 0 Å². The van der Waals surface area contributed by atoms with Crippen LogP contribution < -0.4 is 14.8 Å². The Morgan fingerprint density at radius 3 is 2.79 bits per heavy atom. The molecule has 5 heteroatoms. The van der Waals surface area contributed by atoms with Gasteiger partial charge in [-0.25, -0.2) is 4.98 Å². The van der Waals surface area contributed by atoms with Crippen LogP contribution in [0.2, 0.25) is 0 Å². The molecule has 2 heterocycles. The summed E-state index contributed by atoms with van der Waals surface area (Å²) >= 11 is 0. The summed E-state index contributed by atoms with van der Waals surface area (Å²) < 4.78 is 11.2. The quantitative estimate of drug-likeness (QED) is 0.852. The van der Waals surface area contributed by atoms with E-state index < -0.39 is 0 Å². The Bertz CT molecular complexity index is 392. The van der Waals surface area contributed by atoms with E-state index in [0.717, 1.165) is 38.0 Å². The molecule has 0 aliphatic carbocycles. The summed E-state index contributed by atoms with van der Waals surface area (Å²) in [4.78, 5) is 8.58. The molecule has 0 unspecified atom stereocenters. The molecule has 1 aliphatic rings. The third-order valence-electron chi connectivity index (χ3n) is 3.17. The zero-order chi connectivity index (χ0) is 13.5. The van der Waals surface area contributed by atoms with E-state index in [1.54, 1.807) is 0 Å². The SMILES string of the molecule is CCCOc1cc(C)nc(OCC2CCNCC2)n1. The molecule has 1 N–H and O–H groups in total. The Kier molecular flexibility index (Phi) is 5.39. The molecule has 1 aliphatic heterocycles. The van der Waals surface area contributed by atoms with Gasteiger partial charge in [0.05, 0.1) is 13.2 Å². The lowest BCUT2D eigenvalue weighted by Crippen LogP contribution is -2.30. The van der Waals surface area contributed by atoms with Crippen LogP contribution in [0.3, 0.4) is 0 Å². The van der Waals surface area contributed by atoms with E-state index in [2.05, 4.69) is 22.2 Å². The predicted octanol–water partition coefficient (Wildman–Crippen LogP) is 1.95. The minimum Gasteiger partial charge on any atom is -0.478 e. The van der Waals surface area contributed by atoms with Gasteiger partial charge in [0.15, 0.2) is 0 Å². The maximum Gasteiger partial charge on any atom is 0.319 e. The van der Waals surface area contributed by atoms with Crippen molar-refractivity contribution in [3.63, 3.8) is 0 Å². The number of hydrogen-bond donors (Lipinski definition) is 1. The summed E-state index contributed by atoms with van der Waals surface area (Å²) in [6, 6.07) is 2.28. The maximum atomic E-state index is 5.72. The van der Waals surface area contributed by atoms with Gasteiger partial charge in [-0.1, -0.05) is 6.92 Å². The van der Waals surface area contributed by atoms with Gasteiger partial charge < -0.3 is 14.8 Å². The van der Waals surface area contributed by atoms with Crippen LogP contribution in [0.4, 0.5) is 0 Å². The van der Waals surface area contributed by atoms with Crippen molar-refractivity contribution >= 4 is 0 Å². The first-order valence-electron chi connectivity index (χ1n) is 7.10. The number of piperidine rings is 1. The van der Waals surface area contributed by atoms with Crippen LogP contribution in [-0.4, -0.2) is 36.3 Å². The highest BCUT2D eigenvalue weighted by atomic mass is 16.5. The van der Waals surface area contributed by atoms with Crippen LogP contribution in [0.1, 0.15) is 31.9 Å². The van der Waals surface area contributed by atoms with Crippen LogP contribution in [0, 0.1) is 12.8 Å². The monoisotopic (exact) mass is 265 g/mol. The van der Waals surface area contributed by atoms with Gasteiger partial charge in [-0.15, -0.1) is 0 Å². The molecule has 1 fully saturated rings. The summed E-state index contributed by atoms with van der Waals surface area (Å²) in [7, 11) is 0. The van der Waals surface area contributed by atoms with Crippen LogP contribution in [0.15, 0.2) is 6.07 Å². The molecule has 19 heavy (non-hydrogen) atoms. The van der Waals surface area contributed by atoms with Gasteiger partial charge in [0, 0.05) is 11.8 Å². The Labute approximate surface area is 114 Å². The molecular weight excluding hydrogens is 242 g/mol. The van der Waals surface area contributed by atoms with E-state index in [1.807, 2.05) is 13.0 Å². The van der Waals surface area contributed by atoms with E-state index in [0.29, 0.717) is 31.0 Å². The normalized spacial score (nSPS) is 16.3. The Morgan fingerprint density at radius 2 is 2.05 bits per heavy atom. The molecule has 0 radical (unpaired) electrons. The molecular formula is C14H23N3O2. The second kappa shape index (κ2) is 7.28. The zero-order valence-electron chi connectivity index (χ0n) is 11.8. The minimum atomic E-state index is 0.435. The van der Waals surface area contributed by atoms with Crippen LogP contribution in [0.5, 0.6) is 11.9 Å². The summed E-state index contributed by atoms with van der Waals surface area (Å²) in [6.45, 7) is 7.52. The van der Waals surface area contributed by atoms with Gasteiger partial charge in [-0.3, -0.25) is 0 Å². The number of rotatable bonds is 6. The average molecular weight is 265 g/mol. The molecule has 0 spiro atoms. The standard InChI is InChI=1S/C14H23N3O2/c1-3-8-18-13-9-11(2)16-14(17-13)19-10-12-4-6-15-7-5-12/h9,12,15H,3-8,10H2,1-2H3. The summed E-state index contributed by atoms with van der Waals surface area (Å²) in [5, 5.41) is 3.35. The van der Waals surface area contributed by atoms with Gasteiger partial charge in [-0.05, 0) is 45.2 Å². The first kappa shape index (κ1) is 14.1. The fraction of sp³-hybridized carbons (Fsp3) is 0.714. The maximum absolute atomic E-state index is 5.72. The van der Waals surface area contributed by atoms with Crippen molar-refractivity contribution in [1.82, 2.24) is 15.3 Å². The van der Waals surface area contributed by atoms with Crippen molar-refractivity contribution in [2.24, 2.45) is 5.92 Å². The van der Waals surface area contributed by atoms with E-state index in [9.17, 15) is 0 Å². The number of ether oxygens (including phenoxy) is 2. The molecule has 106 valence electrons. The Hall–Kier alpha value is -1.36. The Balaban J connectivity index is 1.89. The van der Waals surface area contributed by atoms with Crippen molar-refractivity contribution < 1.29 is 9.47 Å². The Morgan fingerprint density at radius 1 is 1.26 bits per heavy atom.